The lowest BCUT2D eigenvalue weighted by atomic mass is 9.98. The Bertz CT molecular complexity index is 2680. The molecule has 0 radical (unpaired) electrons. The number of aliphatic hydroxyl groups excluding tert-OH is 1. The number of thiol groups is 4. The first-order chi connectivity index (χ1) is 41.0. The number of phenols is 1. The number of aromatic hydroxyl groups is 1. The SMILES string of the molecule is CC(C)C[C@H](NC(=O)[C@@H](NC(=O)[C@H](C)NC(=O)[C@H](CS)NC(=O)[C@@H]1CCCN1C(=O)[C@@H]1CCC(=O)N1C(=O)[C@H](C)NC(=O)[C@H](CO)NC(=O)[C@H](CS)NC(=O)[C@H](CS)NC(=O)CN)C(C)C)C(=O)N[C@@H](Cc1ccc(O)cc1)C(=O)N[C@@H](CS)C(N)=O. The maximum absolute atomic E-state index is 14.2. The van der Waals surface area contributed by atoms with Crippen molar-refractivity contribution < 1.29 is 77.3 Å². The lowest BCUT2D eigenvalue weighted by Crippen LogP contribution is -2.61. The van der Waals surface area contributed by atoms with Gasteiger partial charge in [0.1, 0.15) is 78.3 Å². The van der Waals surface area contributed by atoms with Crippen molar-refractivity contribution in [2.75, 3.05) is 42.7 Å². The number of carbonyl (C=O) groups is 14. The van der Waals surface area contributed by atoms with E-state index in [1.807, 2.05) is 0 Å². The van der Waals surface area contributed by atoms with E-state index in [4.69, 9.17) is 11.5 Å². The third-order valence-electron chi connectivity index (χ3n) is 14.0. The van der Waals surface area contributed by atoms with Gasteiger partial charge in [-0.05, 0) is 69.1 Å². The largest absolute Gasteiger partial charge is 0.508 e. The van der Waals surface area contributed by atoms with Crippen LogP contribution in [0, 0.1) is 11.8 Å². The number of primary amides is 1. The summed E-state index contributed by atoms with van der Waals surface area (Å²) in [6.45, 7) is 7.91. The Hall–Kier alpha value is -6.88. The van der Waals surface area contributed by atoms with Crippen molar-refractivity contribution in [1.82, 2.24) is 63.0 Å². The monoisotopic (exact) mass is 1300 g/mol. The molecule has 0 aliphatic carbocycles. The van der Waals surface area contributed by atoms with E-state index in [-0.39, 0.29) is 73.3 Å². The molecule has 484 valence electrons. The van der Waals surface area contributed by atoms with Crippen molar-refractivity contribution >= 4 is 133 Å². The number of aliphatic hydroxyl groups is 1. The van der Waals surface area contributed by atoms with Gasteiger partial charge in [-0.1, -0.05) is 39.8 Å². The lowest BCUT2D eigenvalue weighted by molar-refractivity contribution is -0.153. The van der Waals surface area contributed by atoms with Crippen molar-refractivity contribution in [3.63, 3.8) is 0 Å². The number of phenolic OH excluding ortho intramolecular Hbond substituents is 1. The molecule has 2 saturated heterocycles. The summed E-state index contributed by atoms with van der Waals surface area (Å²) < 4.78 is 0. The maximum atomic E-state index is 14.2. The van der Waals surface area contributed by atoms with E-state index in [0.717, 1.165) is 4.90 Å². The van der Waals surface area contributed by atoms with Crippen LogP contribution in [0.4, 0.5) is 0 Å². The van der Waals surface area contributed by atoms with Crippen LogP contribution in [0.25, 0.3) is 0 Å². The smallest absolute Gasteiger partial charge is 0.252 e. The highest BCUT2D eigenvalue weighted by molar-refractivity contribution is 7.80. The lowest BCUT2D eigenvalue weighted by Gasteiger charge is -2.32. The van der Waals surface area contributed by atoms with Gasteiger partial charge in [-0.3, -0.25) is 72.0 Å². The van der Waals surface area contributed by atoms with Gasteiger partial charge >= 0.3 is 0 Å². The van der Waals surface area contributed by atoms with Crippen LogP contribution in [0.5, 0.6) is 5.75 Å². The molecule has 0 saturated carbocycles. The van der Waals surface area contributed by atoms with E-state index in [2.05, 4.69) is 104 Å². The van der Waals surface area contributed by atoms with Crippen LogP contribution in [0.1, 0.15) is 79.2 Å². The highest BCUT2D eigenvalue weighted by atomic mass is 32.1. The molecule has 2 aliphatic heterocycles. The van der Waals surface area contributed by atoms with Gasteiger partial charge in [-0.15, -0.1) is 0 Å². The first kappa shape index (κ1) is 74.4. The van der Waals surface area contributed by atoms with Crippen LogP contribution >= 0.6 is 50.5 Å². The molecule has 3 rings (SSSR count). The molecule has 2 heterocycles. The molecule has 2 fully saturated rings. The zero-order valence-electron chi connectivity index (χ0n) is 49.0. The van der Waals surface area contributed by atoms with Crippen LogP contribution in [-0.2, 0) is 73.5 Å². The van der Waals surface area contributed by atoms with Gasteiger partial charge in [0.15, 0.2) is 0 Å². The first-order valence-corrected chi connectivity index (χ1v) is 30.5. The number of nitrogens with one attached hydrogen (secondary N) is 10. The van der Waals surface area contributed by atoms with Crippen molar-refractivity contribution in [2.24, 2.45) is 23.3 Å². The predicted molar refractivity (Wildman–Crippen MR) is 327 cm³/mol. The van der Waals surface area contributed by atoms with E-state index in [0.29, 0.717) is 16.9 Å². The molecule has 0 aromatic heterocycles. The van der Waals surface area contributed by atoms with Gasteiger partial charge in [0.05, 0.1) is 13.2 Å². The molecule has 30 nitrogen and oxygen atoms in total. The normalized spacial score (nSPS) is 18.2. The van der Waals surface area contributed by atoms with Crippen molar-refractivity contribution in [2.45, 2.75) is 153 Å². The molecular formula is C53H82N14O16S4. The van der Waals surface area contributed by atoms with E-state index in [1.165, 1.54) is 38.1 Å². The molecule has 16 N–H and O–H groups in total. The number of benzene rings is 1. The summed E-state index contributed by atoms with van der Waals surface area (Å²) in [4.78, 5) is 189. The second-order valence-corrected chi connectivity index (χ2v) is 23.0. The van der Waals surface area contributed by atoms with Crippen molar-refractivity contribution in [3.8, 4) is 5.75 Å². The summed E-state index contributed by atoms with van der Waals surface area (Å²) in [5.41, 5.74) is 11.2. The van der Waals surface area contributed by atoms with Gasteiger partial charge < -0.3 is 79.7 Å². The number of amides is 14. The number of rotatable bonds is 33. The van der Waals surface area contributed by atoms with E-state index >= 15 is 0 Å². The minimum absolute atomic E-state index is 0.00973. The third-order valence-corrected chi connectivity index (χ3v) is 15.4. The number of hydrogen-bond donors (Lipinski definition) is 18. The first-order valence-electron chi connectivity index (χ1n) is 28.0. The number of likely N-dealkylation sites (tertiary alicyclic amines) is 2. The Kier molecular flexibility index (Phi) is 30.6. The number of carbonyl (C=O) groups excluding carboxylic acids is 14. The van der Waals surface area contributed by atoms with Crippen LogP contribution < -0.4 is 64.6 Å². The van der Waals surface area contributed by atoms with Crippen LogP contribution in [0.15, 0.2) is 24.3 Å². The zero-order chi connectivity index (χ0) is 65.6. The van der Waals surface area contributed by atoms with Gasteiger partial charge in [0.2, 0.25) is 76.8 Å². The van der Waals surface area contributed by atoms with Gasteiger partial charge in [0.25, 0.3) is 5.91 Å². The van der Waals surface area contributed by atoms with Crippen LogP contribution in [0.2, 0.25) is 0 Å². The highest BCUT2D eigenvalue weighted by Gasteiger charge is 2.47. The second kappa shape index (κ2) is 35.8. The van der Waals surface area contributed by atoms with E-state index in [9.17, 15) is 77.3 Å². The number of imide groups is 1. The third kappa shape index (κ3) is 22.0. The van der Waals surface area contributed by atoms with Gasteiger partial charge in [-0.2, -0.15) is 50.5 Å². The van der Waals surface area contributed by atoms with Gasteiger partial charge in [-0.25, -0.2) is 0 Å². The molecule has 0 unspecified atom stereocenters. The molecule has 14 amide bonds. The van der Waals surface area contributed by atoms with Gasteiger partial charge in [0, 0.05) is 42.4 Å². The molecule has 87 heavy (non-hydrogen) atoms. The Morgan fingerprint density at radius 1 is 0.575 bits per heavy atom. The average molecular weight is 1300 g/mol. The molecule has 0 spiro atoms. The summed E-state index contributed by atoms with van der Waals surface area (Å²) in [6, 6.07) is -10.4. The fourth-order valence-corrected chi connectivity index (χ4v) is 10.1. The Labute approximate surface area is 525 Å². The molecule has 12 atom stereocenters. The fraction of sp³-hybridized carbons (Fsp3) is 0.623. The molecule has 0 bridgehead atoms. The summed E-state index contributed by atoms with van der Waals surface area (Å²) in [5.74, 6) is -13.6. The average Bonchev–Trinajstić information content (AvgIpc) is 1.87. The Balaban J connectivity index is 1.67. The summed E-state index contributed by atoms with van der Waals surface area (Å²) in [7, 11) is 0. The van der Waals surface area contributed by atoms with Crippen LogP contribution in [-0.4, -0.2) is 218 Å². The van der Waals surface area contributed by atoms with Crippen LogP contribution in [0.3, 0.4) is 0 Å². The topological polar surface area (TPSA) is 458 Å². The number of nitrogens with zero attached hydrogens (tertiary/aromatic N) is 2. The molecule has 34 heteroatoms. The Morgan fingerprint density at radius 2 is 1.06 bits per heavy atom. The molecular weight excluding hydrogens is 1220 g/mol. The standard InChI is InChI=1S/C53H82N14O16S4/c1-24(2)16-30(44(74)59-31(17-28-9-11-29(69)12-10-28)45(75)62-33(20-84)42(55)72)60-51(81)41(25(3)4)65-43(73)26(5)56-47(77)35(22-86)64-50(80)37-8-7-15-66(37)53(83)38-13-14-40(71)67(38)52(82)27(6)57-46(76)32(19-68)61-49(79)36(23-87)63-48(78)34(21-85)58-39(70)18-54/h9-12,24-27,30-38,41,68-69,84-87H,7-8,13-23,54H2,1-6H3,(H2,55,72)(H,56,77)(H,57,76)(H,58,70)(H,59,74)(H,60,81)(H,61,79)(H,62,75)(H,63,78)(H,64,80)(H,65,73)/t26-,27-,30-,31-,32-,33-,34-,35-,36-,37-,38-,41-/m0/s1. The maximum Gasteiger partial charge on any atom is 0.252 e. The zero-order valence-corrected chi connectivity index (χ0v) is 52.6. The highest BCUT2D eigenvalue weighted by Crippen LogP contribution is 2.27. The molecule has 1 aromatic rings. The Morgan fingerprint density at radius 3 is 1.60 bits per heavy atom. The molecule has 2 aliphatic rings. The fourth-order valence-electron chi connectivity index (χ4n) is 9.10. The summed E-state index contributed by atoms with van der Waals surface area (Å²) in [5, 5.41) is 44.5. The van der Waals surface area contributed by atoms with E-state index < -0.39 is 174 Å². The molecule has 1 aromatic carbocycles. The summed E-state index contributed by atoms with van der Waals surface area (Å²) in [6.07, 6.45) is -0.0402. The minimum Gasteiger partial charge on any atom is -0.508 e. The quantitative estimate of drug-likeness (QED) is 0.0292. The summed E-state index contributed by atoms with van der Waals surface area (Å²) >= 11 is 16.4. The van der Waals surface area contributed by atoms with E-state index in [1.54, 1.807) is 27.7 Å². The second-order valence-electron chi connectivity index (χ2n) is 21.5. The number of nitrogens with two attached hydrogens (primary N) is 2. The minimum atomic E-state index is -1.70. The van der Waals surface area contributed by atoms with Crippen molar-refractivity contribution in [1.29, 1.82) is 0 Å². The number of hydrogen-bond acceptors (Lipinski definition) is 21. The predicted octanol–water partition coefficient (Wildman–Crippen LogP) is -5.81. The van der Waals surface area contributed by atoms with Crippen molar-refractivity contribution in [3.05, 3.63) is 29.8 Å².